The Hall–Kier alpha value is -1.64. The van der Waals surface area contributed by atoms with E-state index in [2.05, 4.69) is 25.2 Å². The fourth-order valence-electron chi connectivity index (χ4n) is 1.82. The predicted octanol–water partition coefficient (Wildman–Crippen LogP) is 0.589. The van der Waals surface area contributed by atoms with Crippen molar-refractivity contribution in [1.29, 1.82) is 0 Å². The quantitative estimate of drug-likeness (QED) is 0.812. The van der Waals surface area contributed by atoms with E-state index in [-0.39, 0.29) is 12.0 Å². The van der Waals surface area contributed by atoms with E-state index >= 15 is 0 Å². The van der Waals surface area contributed by atoms with Crippen molar-refractivity contribution < 1.29 is 13.2 Å². The summed E-state index contributed by atoms with van der Waals surface area (Å²) in [5.74, 6) is -1.84. The lowest BCUT2D eigenvalue weighted by Gasteiger charge is -2.14. The Kier molecular flexibility index (Phi) is 3.24. The van der Waals surface area contributed by atoms with Gasteiger partial charge < -0.3 is 16.0 Å². The maximum Gasteiger partial charge on any atom is 0.451 e. The zero-order chi connectivity index (χ0) is 13.3. The molecule has 0 aliphatic carbocycles. The van der Waals surface area contributed by atoms with Gasteiger partial charge in [0, 0.05) is 12.6 Å². The first-order chi connectivity index (χ1) is 8.34. The minimum atomic E-state index is -4.63. The van der Waals surface area contributed by atoms with E-state index in [9.17, 15) is 13.2 Å². The molecule has 1 aliphatic rings. The average Bonchev–Trinajstić information content (AvgIpc) is 2.61. The Morgan fingerprint density at radius 1 is 1.33 bits per heavy atom. The van der Waals surface area contributed by atoms with E-state index in [1.807, 2.05) is 7.05 Å². The highest BCUT2D eigenvalue weighted by atomic mass is 19.4. The summed E-state index contributed by atoms with van der Waals surface area (Å²) in [4.78, 5) is 12.1. The molecular formula is C9H13F3N6. The molecular weight excluding hydrogens is 249 g/mol. The van der Waals surface area contributed by atoms with Crippen LogP contribution in [0.5, 0.6) is 0 Å². The summed E-state index contributed by atoms with van der Waals surface area (Å²) in [6, 6.07) is 0.0258. The smallest absolute Gasteiger partial charge is 0.368 e. The van der Waals surface area contributed by atoms with Crippen molar-refractivity contribution in [1.82, 2.24) is 19.9 Å². The lowest BCUT2D eigenvalue weighted by atomic mass is 10.3. The van der Waals surface area contributed by atoms with Gasteiger partial charge in [-0.2, -0.15) is 28.1 Å². The monoisotopic (exact) mass is 262 g/mol. The van der Waals surface area contributed by atoms with Crippen LogP contribution in [0, 0.1) is 0 Å². The van der Waals surface area contributed by atoms with Gasteiger partial charge in [0.15, 0.2) is 0 Å². The van der Waals surface area contributed by atoms with Gasteiger partial charge in [-0.25, -0.2) is 0 Å². The molecule has 2 rings (SSSR count). The van der Waals surface area contributed by atoms with Gasteiger partial charge in [-0.1, -0.05) is 0 Å². The van der Waals surface area contributed by atoms with Crippen molar-refractivity contribution >= 4 is 11.9 Å². The van der Waals surface area contributed by atoms with Crippen LogP contribution >= 0.6 is 0 Å². The third-order valence-corrected chi connectivity index (χ3v) is 2.63. The van der Waals surface area contributed by atoms with E-state index < -0.39 is 17.9 Å². The Morgan fingerprint density at radius 2 is 2.06 bits per heavy atom. The maximum absolute atomic E-state index is 12.5. The van der Waals surface area contributed by atoms with E-state index in [1.165, 1.54) is 0 Å². The second-order valence-electron chi connectivity index (χ2n) is 4.23. The lowest BCUT2D eigenvalue weighted by Crippen LogP contribution is -2.26. The van der Waals surface area contributed by atoms with E-state index in [1.54, 1.807) is 0 Å². The van der Waals surface area contributed by atoms with Crippen molar-refractivity contribution in [2.75, 3.05) is 31.2 Å². The number of likely N-dealkylation sites (N-methyl/N-ethyl adjacent to an activating group) is 1. The number of nitrogens with one attached hydrogen (secondary N) is 1. The number of alkyl halides is 3. The molecule has 0 spiro atoms. The first kappa shape index (κ1) is 12.8. The first-order valence-electron chi connectivity index (χ1n) is 5.38. The minimum Gasteiger partial charge on any atom is -0.368 e. The van der Waals surface area contributed by atoms with Crippen LogP contribution in [0.1, 0.15) is 12.2 Å². The molecule has 1 aromatic heterocycles. The van der Waals surface area contributed by atoms with E-state index in [0.717, 1.165) is 19.5 Å². The molecule has 1 atom stereocenters. The Morgan fingerprint density at radius 3 is 2.61 bits per heavy atom. The fraction of sp³-hybridized carbons (Fsp3) is 0.667. The second kappa shape index (κ2) is 4.56. The minimum absolute atomic E-state index is 0.0258. The molecule has 0 aromatic carbocycles. The summed E-state index contributed by atoms with van der Waals surface area (Å²) in [5, 5.41) is 2.84. The zero-order valence-electron chi connectivity index (χ0n) is 9.70. The molecule has 2 heterocycles. The highest BCUT2D eigenvalue weighted by Crippen LogP contribution is 2.27. The number of halogens is 3. The number of hydrogen-bond acceptors (Lipinski definition) is 6. The zero-order valence-corrected chi connectivity index (χ0v) is 9.70. The number of rotatable bonds is 2. The van der Waals surface area contributed by atoms with Crippen molar-refractivity contribution in [3.8, 4) is 0 Å². The number of nitrogens with two attached hydrogens (primary N) is 1. The van der Waals surface area contributed by atoms with Crippen LogP contribution in [0.3, 0.4) is 0 Å². The summed E-state index contributed by atoms with van der Waals surface area (Å²) in [6.07, 6.45) is -3.80. The van der Waals surface area contributed by atoms with Gasteiger partial charge in [-0.15, -0.1) is 0 Å². The van der Waals surface area contributed by atoms with Crippen LogP contribution in [0.25, 0.3) is 0 Å². The maximum atomic E-state index is 12.5. The third-order valence-electron chi connectivity index (χ3n) is 2.63. The van der Waals surface area contributed by atoms with Crippen LogP contribution in [-0.4, -0.2) is 46.0 Å². The molecule has 9 heteroatoms. The second-order valence-corrected chi connectivity index (χ2v) is 4.23. The molecule has 0 amide bonds. The SMILES string of the molecule is CN1CCC(Nc2nc(N)nc(C(F)(F)F)n2)C1. The van der Waals surface area contributed by atoms with Crippen molar-refractivity contribution in [2.45, 2.75) is 18.6 Å². The van der Waals surface area contributed by atoms with Gasteiger partial charge in [-0.05, 0) is 20.0 Å². The topological polar surface area (TPSA) is 80.0 Å². The number of likely N-dealkylation sites (tertiary alicyclic amines) is 1. The molecule has 0 bridgehead atoms. The molecule has 100 valence electrons. The molecule has 18 heavy (non-hydrogen) atoms. The highest BCUT2D eigenvalue weighted by molar-refractivity contribution is 5.33. The van der Waals surface area contributed by atoms with Crippen LogP contribution in [0.2, 0.25) is 0 Å². The van der Waals surface area contributed by atoms with Crippen molar-refractivity contribution in [3.05, 3.63) is 5.82 Å². The van der Waals surface area contributed by atoms with Gasteiger partial charge in [-0.3, -0.25) is 0 Å². The van der Waals surface area contributed by atoms with Gasteiger partial charge in [0.1, 0.15) is 0 Å². The molecule has 0 radical (unpaired) electrons. The summed E-state index contributed by atoms with van der Waals surface area (Å²) < 4.78 is 37.4. The standard InChI is InChI=1S/C9H13F3N6/c1-18-3-2-5(4-18)14-8-16-6(9(10,11)12)15-7(13)17-8/h5H,2-4H2,1H3,(H3,13,14,15,16,17). The van der Waals surface area contributed by atoms with Gasteiger partial charge in [0.05, 0.1) is 0 Å². The molecule has 1 unspecified atom stereocenters. The van der Waals surface area contributed by atoms with Gasteiger partial charge in [0.25, 0.3) is 0 Å². The molecule has 1 saturated heterocycles. The number of nitrogen functional groups attached to an aromatic ring is 1. The highest BCUT2D eigenvalue weighted by Gasteiger charge is 2.36. The van der Waals surface area contributed by atoms with Gasteiger partial charge >= 0.3 is 6.18 Å². The normalized spacial score (nSPS) is 21.2. The number of aromatic nitrogens is 3. The molecule has 1 aromatic rings. The van der Waals surface area contributed by atoms with Gasteiger partial charge in [0.2, 0.25) is 17.7 Å². The van der Waals surface area contributed by atoms with Crippen molar-refractivity contribution in [3.63, 3.8) is 0 Å². The van der Waals surface area contributed by atoms with Crippen LogP contribution < -0.4 is 11.1 Å². The molecule has 6 nitrogen and oxygen atoms in total. The van der Waals surface area contributed by atoms with Crippen LogP contribution in [0.15, 0.2) is 0 Å². The third kappa shape index (κ3) is 2.97. The van der Waals surface area contributed by atoms with Crippen LogP contribution in [-0.2, 0) is 6.18 Å². The summed E-state index contributed by atoms with van der Waals surface area (Å²) in [7, 11) is 1.94. The Bertz CT molecular complexity index is 435. The molecule has 1 fully saturated rings. The molecule has 0 saturated carbocycles. The Balaban J connectivity index is 2.15. The van der Waals surface area contributed by atoms with Crippen LogP contribution in [0.4, 0.5) is 25.1 Å². The Labute approximate surface area is 101 Å². The first-order valence-corrected chi connectivity index (χ1v) is 5.38. The van der Waals surface area contributed by atoms with E-state index in [4.69, 9.17) is 5.73 Å². The molecule has 1 aliphatic heterocycles. The average molecular weight is 262 g/mol. The van der Waals surface area contributed by atoms with E-state index in [0.29, 0.717) is 0 Å². The number of nitrogens with zero attached hydrogens (tertiary/aromatic N) is 4. The lowest BCUT2D eigenvalue weighted by molar-refractivity contribution is -0.144. The fourth-order valence-corrected chi connectivity index (χ4v) is 1.82. The summed E-state index contributed by atoms with van der Waals surface area (Å²) in [6.45, 7) is 1.61. The molecule has 3 N–H and O–H groups in total. The summed E-state index contributed by atoms with van der Waals surface area (Å²) in [5.41, 5.74) is 5.25. The predicted molar refractivity (Wildman–Crippen MR) is 58.8 cm³/mol. The summed E-state index contributed by atoms with van der Waals surface area (Å²) >= 11 is 0. The van der Waals surface area contributed by atoms with Crippen molar-refractivity contribution in [2.24, 2.45) is 0 Å². The largest absolute Gasteiger partial charge is 0.451 e. The number of hydrogen-bond donors (Lipinski definition) is 2. The number of anilines is 2.